The van der Waals surface area contributed by atoms with Crippen LogP contribution in [-0.2, 0) is 10.0 Å². The van der Waals surface area contributed by atoms with Crippen molar-refractivity contribution in [2.24, 2.45) is 0 Å². The van der Waals surface area contributed by atoms with Crippen molar-refractivity contribution in [2.45, 2.75) is 37.0 Å². The summed E-state index contributed by atoms with van der Waals surface area (Å²) >= 11 is 0. The Hall–Kier alpha value is -1.94. The zero-order valence-electron chi connectivity index (χ0n) is 13.8. The SMILES string of the molecule is COc1cc(F)c([N+](=O)[O-])c(NC2CCN(S(=O)(=O)C3CC3)CC2)c1. The first-order valence-electron chi connectivity index (χ1n) is 8.10. The van der Waals surface area contributed by atoms with Gasteiger partial charge in [0.25, 0.3) is 0 Å². The lowest BCUT2D eigenvalue weighted by molar-refractivity contribution is -0.386. The maximum atomic E-state index is 14.0. The lowest BCUT2D eigenvalue weighted by Crippen LogP contribution is -2.43. The first-order chi connectivity index (χ1) is 11.8. The molecule has 3 rings (SSSR count). The molecule has 1 saturated heterocycles. The molecule has 25 heavy (non-hydrogen) atoms. The molecule has 8 nitrogen and oxygen atoms in total. The Morgan fingerprint density at radius 1 is 1.28 bits per heavy atom. The molecule has 0 atom stereocenters. The number of halogens is 1. The van der Waals surface area contributed by atoms with Crippen molar-refractivity contribution < 1.29 is 22.5 Å². The molecule has 0 unspecified atom stereocenters. The number of sulfonamides is 1. The molecule has 10 heteroatoms. The summed E-state index contributed by atoms with van der Waals surface area (Å²) in [5.74, 6) is -0.792. The number of ether oxygens (including phenoxy) is 1. The van der Waals surface area contributed by atoms with Gasteiger partial charge in [-0.2, -0.15) is 4.39 Å². The predicted octanol–water partition coefficient (Wildman–Crippen LogP) is 2.11. The molecule has 1 aliphatic carbocycles. The van der Waals surface area contributed by atoms with Crippen LogP contribution in [0.5, 0.6) is 5.75 Å². The van der Waals surface area contributed by atoms with Gasteiger partial charge in [-0.1, -0.05) is 0 Å². The van der Waals surface area contributed by atoms with Gasteiger partial charge in [-0.25, -0.2) is 12.7 Å². The van der Waals surface area contributed by atoms with Gasteiger partial charge in [0, 0.05) is 31.3 Å². The van der Waals surface area contributed by atoms with Crippen molar-refractivity contribution in [3.8, 4) is 5.75 Å². The first kappa shape index (κ1) is 17.9. The van der Waals surface area contributed by atoms with Crippen molar-refractivity contribution >= 4 is 21.4 Å². The van der Waals surface area contributed by atoms with E-state index in [0.717, 1.165) is 18.9 Å². The van der Waals surface area contributed by atoms with Crippen LogP contribution in [0.4, 0.5) is 15.8 Å². The van der Waals surface area contributed by atoms with Gasteiger partial charge in [-0.15, -0.1) is 0 Å². The molecular formula is C15H20FN3O5S. The molecule has 2 fully saturated rings. The zero-order chi connectivity index (χ0) is 18.2. The number of anilines is 1. The molecular weight excluding hydrogens is 353 g/mol. The largest absolute Gasteiger partial charge is 0.497 e. The fourth-order valence-corrected chi connectivity index (χ4v) is 4.91. The second-order valence-corrected chi connectivity index (χ2v) is 8.54. The average molecular weight is 373 g/mol. The normalized spacial score (nSPS) is 19.6. The number of piperidine rings is 1. The van der Waals surface area contributed by atoms with Crippen LogP contribution in [0.2, 0.25) is 0 Å². The molecule has 2 aliphatic rings. The number of rotatable bonds is 6. The highest BCUT2D eigenvalue weighted by Crippen LogP contribution is 2.35. The van der Waals surface area contributed by atoms with E-state index in [1.54, 1.807) is 0 Å². The maximum absolute atomic E-state index is 14.0. The summed E-state index contributed by atoms with van der Waals surface area (Å²) in [6, 6.07) is 2.18. The Labute approximate surface area is 145 Å². The van der Waals surface area contributed by atoms with Gasteiger partial charge in [0.15, 0.2) is 0 Å². The predicted molar refractivity (Wildman–Crippen MR) is 89.8 cm³/mol. The molecule has 1 saturated carbocycles. The highest BCUT2D eigenvalue weighted by Gasteiger charge is 2.41. The van der Waals surface area contributed by atoms with Crippen molar-refractivity contribution in [3.63, 3.8) is 0 Å². The number of nitro benzene ring substituents is 1. The summed E-state index contributed by atoms with van der Waals surface area (Å²) in [5, 5.41) is 13.9. The second-order valence-electron chi connectivity index (χ2n) is 6.32. The summed E-state index contributed by atoms with van der Waals surface area (Å²) in [6.45, 7) is 0.716. The number of hydrogen-bond acceptors (Lipinski definition) is 6. The highest BCUT2D eigenvalue weighted by atomic mass is 32.2. The fourth-order valence-electron chi connectivity index (χ4n) is 3.04. The average Bonchev–Trinajstić information content (AvgIpc) is 3.39. The van der Waals surface area contributed by atoms with Crippen molar-refractivity contribution in [1.82, 2.24) is 4.31 Å². The van der Waals surface area contributed by atoms with Crippen molar-refractivity contribution in [2.75, 3.05) is 25.5 Å². The smallest absolute Gasteiger partial charge is 0.327 e. The van der Waals surface area contributed by atoms with Crippen molar-refractivity contribution in [1.29, 1.82) is 0 Å². The van der Waals surface area contributed by atoms with Crippen LogP contribution in [0.3, 0.4) is 0 Å². The molecule has 1 aromatic rings. The number of nitro groups is 1. The quantitative estimate of drug-likeness (QED) is 0.605. The lowest BCUT2D eigenvalue weighted by Gasteiger charge is -2.32. The Balaban J connectivity index is 1.71. The zero-order valence-corrected chi connectivity index (χ0v) is 14.6. The molecule has 1 aliphatic heterocycles. The van der Waals surface area contributed by atoms with Gasteiger partial charge >= 0.3 is 5.69 Å². The van der Waals surface area contributed by atoms with E-state index in [1.165, 1.54) is 17.5 Å². The number of benzene rings is 1. The summed E-state index contributed by atoms with van der Waals surface area (Å²) in [5.41, 5.74) is -0.584. The van der Waals surface area contributed by atoms with Gasteiger partial charge in [0.2, 0.25) is 15.8 Å². The van der Waals surface area contributed by atoms with Crippen LogP contribution in [0.25, 0.3) is 0 Å². The van der Waals surface area contributed by atoms with Gasteiger partial charge in [0.05, 0.1) is 17.3 Å². The van der Waals surface area contributed by atoms with E-state index in [0.29, 0.717) is 25.9 Å². The number of methoxy groups -OCH3 is 1. The molecule has 0 aromatic heterocycles. The highest BCUT2D eigenvalue weighted by molar-refractivity contribution is 7.90. The molecule has 0 amide bonds. The molecule has 0 spiro atoms. The van der Waals surface area contributed by atoms with E-state index >= 15 is 0 Å². The van der Waals surface area contributed by atoms with Gasteiger partial charge in [-0.05, 0) is 25.7 Å². The Morgan fingerprint density at radius 3 is 2.44 bits per heavy atom. The van der Waals surface area contributed by atoms with E-state index in [4.69, 9.17) is 4.74 Å². The standard InChI is InChI=1S/C15H20FN3O5S/c1-24-11-8-13(16)15(19(20)21)14(9-11)17-10-4-6-18(7-5-10)25(22,23)12-2-3-12/h8-10,12,17H,2-7H2,1H3. The second kappa shape index (κ2) is 6.75. The van der Waals surface area contributed by atoms with Crippen molar-refractivity contribution in [3.05, 3.63) is 28.1 Å². The Morgan fingerprint density at radius 2 is 1.92 bits per heavy atom. The van der Waals surface area contributed by atoms with Crippen LogP contribution in [0, 0.1) is 15.9 Å². The Bertz CT molecular complexity index is 774. The summed E-state index contributed by atoms with van der Waals surface area (Å²) < 4.78 is 44.9. The van der Waals surface area contributed by atoms with Gasteiger partial charge in [-0.3, -0.25) is 10.1 Å². The minimum absolute atomic E-state index is 0.0466. The number of nitrogens with one attached hydrogen (secondary N) is 1. The van der Waals surface area contributed by atoms with Crippen LogP contribution >= 0.6 is 0 Å². The third-order valence-electron chi connectivity index (χ3n) is 4.57. The van der Waals surface area contributed by atoms with Gasteiger partial charge < -0.3 is 10.1 Å². The third-order valence-corrected chi connectivity index (χ3v) is 6.97. The van der Waals surface area contributed by atoms with Crippen LogP contribution < -0.4 is 10.1 Å². The lowest BCUT2D eigenvalue weighted by atomic mass is 10.1. The van der Waals surface area contributed by atoms with E-state index < -0.39 is 26.5 Å². The van der Waals surface area contributed by atoms with E-state index in [9.17, 15) is 22.9 Å². The monoisotopic (exact) mass is 373 g/mol. The van der Waals surface area contributed by atoms with E-state index in [1.807, 2.05) is 0 Å². The summed E-state index contributed by atoms with van der Waals surface area (Å²) in [7, 11) is -1.85. The topological polar surface area (TPSA) is 102 Å². The van der Waals surface area contributed by atoms with Crippen LogP contribution in [0.15, 0.2) is 12.1 Å². The molecule has 1 N–H and O–H groups in total. The van der Waals surface area contributed by atoms with Gasteiger partial charge in [0.1, 0.15) is 11.4 Å². The number of hydrogen-bond donors (Lipinski definition) is 1. The summed E-state index contributed by atoms with van der Waals surface area (Å²) in [6.07, 6.45) is 2.44. The van der Waals surface area contributed by atoms with E-state index in [-0.39, 0.29) is 22.7 Å². The third kappa shape index (κ3) is 3.69. The molecule has 1 heterocycles. The first-order valence-corrected chi connectivity index (χ1v) is 9.60. The summed E-state index contributed by atoms with van der Waals surface area (Å²) in [4.78, 5) is 10.4. The molecule has 138 valence electrons. The Kier molecular flexibility index (Phi) is 4.83. The molecule has 0 radical (unpaired) electrons. The maximum Gasteiger partial charge on any atom is 0.327 e. The minimum Gasteiger partial charge on any atom is -0.497 e. The fraction of sp³-hybridized carbons (Fsp3) is 0.600. The van der Waals surface area contributed by atoms with Crippen LogP contribution in [-0.4, -0.2) is 49.1 Å². The van der Waals surface area contributed by atoms with E-state index in [2.05, 4.69) is 5.32 Å². The molecule has 0 bridgehead atoms. The van der Waals surface area contributed by atoms with Crippen LogP contribution in [0.1, 0.15) is 25.7 Å². The minimum atomic E-state index is -3.21. The molecule has 1 aromatic carbocycles. The number of nitrogens with zero attached hydrogens (tertiary/aromatic N) is 2.